The summed E-state index contributed by atoms with van der Waals surface area (Å²) in [5.41, 5.74) is 4.89. The highest BCUT2D eigenvalue weighted by atomic mass is 32.2. The summed E-state index contributed by atoms with van der Waals surface area (Å²) >= 11 is 1.98. The van der Waals surface area contributed by atoms with Crippen molar-refractivity contribution in [2.75, 3.05) is 12.0 Å². The van der Waals surface area contributed by atoms with E-state index >= 15 is 0 Å². The highest BCUT2D eigenvalue weighted by molar-refractivity contribution is 8.00. The Bertz CT molecular complexity index is 440. The summed E-state index contributed by atoms with van der Waals surface area (Å²) in [6.45, 7) is 1.01. The third-order valence-electron chi connectivity index (χ3n) is 2.82. The minimum Gasteiger partial charge on any atom is -0.325 e. The Morgan fingerprint density at radius 1 is 1.19 bits per heavy atom. The van der Waals surface area contributed by atoms with Gasteiger partial charge < -0.3 is 5.43 Å². The van der Waals surface area contributed by atoms with E-state index in [0.29, 0.717) is 5.25 Å². The first kappa shape index (κ1) is 9.85. The van der Waals surface area contributed by atoms with E-state index in [9.17, 15) is 0 Å². The minimum absolute atomic E-state index is 0.653. The van der Waals surface area contributed by atoms with Crippen LogP contribution in [-0.2, 0) is 6.42 Å². The van der Waals surface area contributed by atoms with Gasteiger partial charge >= 0.3 is 0 Å². The molecular weight excluding hydrogens is 216 g/mol. The fourth-order valence-electron chi connectivity index (χ4n) is 2.01. The molecule has 1 aromatic carbocycles. The van der Waals surface area contributed by atoms with Gasteiger partial charge in [-0.15, -0.1) is 11.8 Å². The molecule has 0 bridgehead atoms. The number of nitrogens with one attached hydrogen (secondary N) is 1. The number of fused-ring (bicyclic) bond motifs is 1. The average molecular weight is 230 g/mol. The van der Waals surface area contributed by atoms with Crippen LogP contribution in [0, 0.1) is 0 Å². The van der Waals surface area contributed by atoms with Crippen LogP contribution in [0.15, 0.2) is 53.7 Å². The number of hydrogen-bond donors (Lipinski definition) is 1. The molecule has 1 atom stereocenters. The maximum atomic E-state index is 3.40. The van der Waals surface area contributed by atoms with E-state index in [-0.39, 0.29) is 0 Å². The fourth-order valence-corrected chi connectivity index (χ4v) is 3.25. The van der Waals surface area contributed by atoms with E-state index in [4.69, 9.17) is 0 Å². The normalized spacial score (nSPS) is 18.4. The van der Waals surface area contributed by atoms with Crippen molar-refractivity contribution < 1.29 is 0 Å². The van der Waals surface area contributed by atoms with Crippen molar-refractivity contribution in [3.63, 3.8) is 0 Å². The summed E-state index contributed by atoms with van der Waals surface area (Å²) in [6, 6.07) is 12.8. The Hall–Kier alpha value is -1.35. The number of thioether (sulfide) groups is 1. The topological polar surface area (TPSA) is 17.0 Å². The maximum absolute atomic E-state index is 3.40. The van der Waals surface area contributed by atoms with Crippen molar-refractivity contribution in [1.29, 1.82) is 0 Å². The molecule has 0 amide bonds. The zero-order valence-corrected chi connectivity index (χ0v) is 9.78. The van der Waals surface area contributed by atoms with Gasteiger partial charge in [0.25, 0.3) is 0 Å². The van der Waals surface area contributed by atoms with Gasteiger partial charge in [-0.2, -0.15) is 0 Å². The summed E-state index contributed by atoms with van der Waals surface area (Å²) < 4.78 is 2.02. The van der Waals surface area contributed by atoms with Gasteiger partial charge in [-0.05, 0) is 30.2 Å². The van der Waals surface area contributed by atoms with Crippen LogP contribution in [0.4, 0.5) is 0 Å². The smallest absolute Gasteiger partial charge is 0.0439 e. The highest BCUT2D eigenvalue weighted by Crippen LogP contribution is 2.36. The van der Waals surface area contributed by atoms with Crippen molar-refractivity contribution >= 4 is 11.8 Å². The van der Waals surface area contributed by atoms with Crippen LogP contribution in [0.3, 0.4) is 0 Å². The van der Waals surface area contributed by atoms with E-state index in [1.807, 2.05) is 41.0 Å². The second-order valence-corrected chi connectivity index (χ2v) is 5.35. The van der Waals surface area contributed by atoms with Crippen LogP contribution < -0.4 is 5.43 Å². The number of hydrogen-bond acceptors (Lipinski definition) is 2. The molecule has 3 rings (SSSR count). The van der Waals surface area contributed by atoms with Crippen molar-refractivity contribution in [3.8, 4) is 0 Å². The number of benzene rings is 1. The maximum Gasteiger partial charge on any atom is 0.0439 e. The zero-order chi connectivity index (χ0) is 10.8. The van der Waals surface area contributed by atoms with Crippen LogP contribution in [0.2, 0.25) is 0 Å². The Kier molecular flexibility index (Phi) is 2.62. The molecule has 0 fully saturated rings. The lowest BCUT2D eigenvalue weighted by Crippen LogP contribution is -2.22. The van der Waals surface area contributed by atoms with Gasteiger partial charge in [-0.3, -0.25) is 4.68 Å². The second kappa shape index (κ2) is 4.26. The van der Waals surface area contributed by atoms with E-state index in [1.165, 1.54) is 16.9 Å². The zero-order valence-electron chi connectivity index (χ0n) is 8.97. The van der Waals surface area contributed by atoms with Crippen molar-refractivity contribution in [2.45, 2.75) is 16.6 Å². The molecule has 82 valence electrons. The van der Waals surface area contributed by atoms with Gasteiger partial charge in [0.1, 0.15) is 0 Å². The summed E-state index contributed by atoms with van der Waals surface area (Å²) in [5.74, 6) is 0. The minimum atomic E-state index is 0.653. The molecule has 2 heterocycles. The molecule has 1 aliphatic heterocycles. The highest BCUT2D eigenvalue weighted by Gasteiger charge is 2.21. The Balaban J connectivity index is 1.60. The van der Waals surface area contributed by atoms with Crippen LogP contribution in [-0.4, -0.2) is 16.5 Å². The number of rotatable bonds is 3. The van der Waals surface area contributed by atoms with Gasteiger partial charge in [0, 0.05) is 29.1 Å². The largest absolute Gasteiger partial charge is 0.325 e. The summed E-state index contributed by atoms with van der Waals surface area (Å²) in [5, 5.41) is 0.653. The van der Waals surface area contributed by atoms with Gasteiger partial charge in [0.15, 0.2) is 0 Å². The van der Waals surface area contributed by atoms with Crippen LogP contribution >= 0.6 is 11.8 Å². The van der Waals surface area contributed by atoms with Crippen LogP contribution in [0.5, 0.6) is 0 Å². The first-order chi connectivity index (χ1) is 7.92. The predicted octanol–water partition coefficient (Wildman–Crippen LogP) is 2.75. The summed E-state index contributed by atoms with van der Waals surface area (Å²) in [4.78, 5) is 1.45. The lowest BCUT2D eigenvalue weighted by molar-refractivity contribution is 0.790. The molecule has 1 aliphatic rings. The van der Waals surface area contributed by atoms with E-state index < -0.39 is 0 Å². The molecule has 1 N–H and O–H groups in total. The van der Waals surface area contributed by atoms with Gasteiger partial charge in [0.05, 0.1) is 0 Å². The van der Waals surface area contributed by atoms with Crippen LogP contribution in [0.1, 0.15) is 5.56 Å². The van der Waals surface area contributed by atoms with Crippen molar-refractivity contribution in [1.82, 2.24) is 4.68 Å². The summed E-state index contributed by atoms with van der Waals surface area (Å²) in [6.07, 6.45) is 5.24. The quantitative estimate of drug-likeness (QED) is 0.873. The molecule has 2 nitrogen and oxygen atoms in total. The lowest BCUT2D eigenvalue weighted by Gasteiger charge is -2.11. The third-order valence-corrected chi connectivity index (χ3v) is 4.14. The SMILES string of the molecule is c1ccc2c(c1)CC(CNn1cccc1)S2. The van der Waals surface area contributed by atoms with Crippen molar-refractivity contribution in [2.24, 2.45) is 0 Å². The first-order valence-corrected chi connectivity index (χ1v) is 6.41. The fraction of sp³-hybridized carbons (Fsp3) is 0.231. The van der Waals surface area contributed by atoms with E-state index in [2.05, 4.69) is 29.7 Å². The Morgan fingerprint density at radius 2 is 2.00 bits per heavy atom. The number of nitrogens with zero attached hydrogens (tertiary/aromatic N) is 1. The molecule has 2 aromatic rings. The van der Waals surface area contributed by atoms with Gasteiger partial charge in [-0.1, -0.05) is 18.2 Å². The molecule has 3 heteroatoms. The molecule has 0 saturated heterocycles. The van der Waals surface area contributed by atoms with Crippen molar-refractivity contribution in [3.05, 3.63) is 54.4 Å². The first-order valence-electron chi connectivity index (χ1n) is 5.53. The molecule has 0 spiro atoms. The standard InChI is InChI=1S/C13H14N2S/c1-2-6-13-11(5-1)9-12(16-13)10-14-15-7-3-4-8-15/h1-8,12,14H,9-10H2. The molecule has 1 aromatic heterocycles. The average Bonchev–Trinajstić information content (AvgIpc) is 2.95. The molecule has 0 aliphatic carbocycles. The Morgan fingerprint density at radius 3 is 2.81 bits per heavy atom. The number of aromatic nitrogens is 1. The third kappa shape index (κ3) is 1.95. The second-order valence-electron chi connectivity index (χ2n) is 4.00. The van der Waals surface area contributed by atoms with Crippen LogP contribution in [0.25, 0.3) is 0 Å². The molecule has 16 heavy (non-hydrogen) atoms. The van der Waals surface area contributed by atoms with Gasteiger partial charge in [-0.25, -0.2) is 0 Å². The molecule has 0 saturated carbocycles. The lowest BCUT2D eigenvalue weighted by atomic mass is 10.1. The van der Waals surface area contributed by atoms with E-state index in [0.717, 1.165) is 6.54 Å². The summed E-state index contributed by atoms with van der Waals surface area (Å²) in [7, 11) is 0. The predicted molar refractivity (Wildman–Crippen MR) is 68.5 cm³/mol. The van der Waals surface area contributed by atoms with E-state index in [1.54, 1.807) is 0 Å². The van der Waals surface area contributed by atoms with Gasteiger partial charge in [0.2, 0.25) is 0 Å². The molecular formula is C13H14N2S. The Labute approximate surface area is 99.6 Å². The molecule has 1 unspecified atom stereocenters. The monoisotopic (exact) mass is 230 g/mol. The molecule has 0 radical (unpaired) electrons.